The molecule has 30 heavy (non-hydrogen) atoms. The summed E-state index contributed by atoms with van der Waals surface area (Å²) in [5.74, 6) is 2.65. The first-order chi connectivity index (χ1) is 14.9. The fourth-order valence-electron chi connectivity index (χ4n) is 4.15. The molecule has 5 rings (SSSR count). The van der Waals surface area contributed by atoms with E-state index in [1.54, 1.807) is 11.8 Å². The average molecular weight is 425 g/mol. The largest absolute Gasteiger partial charge is 0.379 e. The smallest absolute Gasteiger partial charge is 0.255 e. The number of thioether (sulfide) groups is 1. The average Bonchev–Trinajstić information content (AvgIpc) is 3.21. The maximum atomic E-state index is 5.46. The Labute approximate surface area is 181 Å². The van der Waals surface area contributed by atoms with Gasteiger partial charge < -0.3 is 10.1 Å². The standard InChI is InChI=1S/C22H28N6OS/c1-2-6-17(7-3-1)16-30-22-25-21-24-19-9-5-4-8-18(19)20(28(21)26-22)23-10-11-27-12-14-29-15-13-27/h1-3,6-7,23H,4-5,8-16H2. The summed E-state index contributed by atoms with van der Waals surface area (Å²) < 4.78 is 7.39. The zero-order valence-corrected chi connectivity index (χ0v) is 18.0. The molecule has 2 aromatic heterocycles. The Balaban J connectivity index is 1.36. The minimum atomic E-state index is 0.708. The highest BCUT2D eigenvalue weighted by molar-refractivity contribution is 7.98. The van der Waals surface area contributed by atoms with Gasteiger partial charge in [0.05, 0.1) is 18.9 Å². The highest BCUT2D eigenvalue weighted by atomic mass is 32.2. The van der Waals surface area contributed by atoms with Gasteiger partial charge in [0.2, 0.25) is 5.16 Å². The molecule has 0 bridgehead atoms. The normalized spacial score (nSPS) is 17.2. The number of benzene rings is 1. The van der Waals surface area contributed by atoms with E-state index in [-0.39, 0.29) is 0 Å². The van der Waals surface area contributed by atoms with E-state index in [0.717, 1.165) is 69.0 Å². The van der Waals surface area contributed by atoms with Crippen LogP contribution in [0.5, 0.6) is 0 Å². The van der Waals surface area contributed by atoms with Gasteiger partial charge in [-0.15, -0.1) is 5.10 Å². The van der Waals surface area contributed by atoms with Gasteiger partial charge in [-0.1, -0.05) is 42.1 Å². The molecule has 1 aliphatic heterocycles. The van der Waals surface area contributed by atoms with Crippen molar-refractivity contribution < 1.29 is 4.74 Å². The molecule has 0 spiro atoms. The second-order valence-corrected chi connectivity index (χ2v) is 8.80. The molecule has 2 aliphatic rings. The molecule has 7 nitrogen and oxygen atoms in total. The van der Waals surface area contributed by atoms with E-state index in [1.807, 2.05) is 10.6 Å². The van der Waals surface area contributed by atoms with E-state index in [2.05, 4.69) is 34.5 Å². The number of fused-ring (bicyclic) bond motifs is 2. The summed E-state index contributed by atoms with van der Waals surface area (Å²) in [7, 11) is 0. The third-order valence-electron chi connectivity index (χ3n) is 5.78. The van der Waals surface area contributed by atoms with Crippen LogP contribution >= 0.6 is 11.8 Å². The minimum Gasteiger partial charge on any atom is -0.379 e. The molecule has 1 aromatic carbocycles. The minimum absolute atomic E-state index is 0.708. The Morgan fingerprint density at radius 1 is 1.03 bits per heavy atom. The lowest BCUT2D eigenvalue weighted by Gasteiger charge is -2.27. The maximum Gasteiger partial charge on any atom is 0.255 e. The summed E-state index contributed by atoms with van der Waals surface area (Å²) >= 11 is 1.66. The van der Waals surface area contributed by atoms with Gasteiger partial charge in [-0.3, -0.25) is 4.90 Å². The molecule has 0 amide bonds. The number of nitrogens with zero attached hydrogens (tertiary/aromatic N) is 5. The van der Waals surface area contributed by atoms with Gasteiger partial charge in [-0.2, -0.15) is 9.50 Å². The molecule has 8 heteroatoms. The molecule has 0 radical (unpaired) electrons. The van der Waals surface area contributed by atoms with Gasteiger partial charge in [-0.25, -0.2) is 4.98 Å². The van der Waals surface area contributed by atoms with Gasteiger partial charge >= 0.3 is 0 Å². The third-order valence-corrected chi connectivity index (χ3v) is 6.69. The number of hydrogen-bond acceptors (Lipinski definition) is 7. The highest BCUT2D eigenvalue weighted by Gasteiger charge is 2.21. The molecule has 1 saturated heterocycles. The summed E-state index contributed by atoms with van der Waals surface area (Å²) in [6.07, 6.45) is 4.50. The third kappa shape index (κ3) is 4.45. The van der Waals surface area contributed by atoms with Crippen molar-refractivity contribution >= 4 is 23.4 Å². The lowest BCUT2D eigenvalue weighted by Crippen LogP contribution is -2.39. The summed E-state index contributed by atoms with van der Waals surface area (Å²) in [5.41, 5.74) is 3.78. The first-order valence-corrected chi connectivity index (χ1v) is 11.8. The summed E-state index contributed by atoms with van der Waals surface area (Å²) in [4.78, 5) is 12.0. The van der Waals surface area contributed by atoms with Crippen LogP contribution in [0.4, 0.5) is 5.82 Å². The maximum absolute atomic E-state index is 5.46. The van der Waals surface area contributed by atoms with Gasteiger partial charge in [-0.05, 0) is 31.2 Å². The monoisotopic (exact) mass is 424 g/mol. The predicted molar refractivity (Wildman–Crippen MR) is 119 cm³/mol. The van der Waals surface area contributed by atoms with Gasteiger partial charge in [0.15, 0.2) is 0 Å². The summed E-state index contributed by atoms with van der Waals surface area (Å²) in [6.45, 7) is 5.58. The van der Waals surface area contributed by atoms with Crippen molar-refractivity contribution in [1.29, 1.82) is 0 Å². The van der Waals surface area contributed by atoms with Crippen LogP contribution in [0.2, 0.25) is 0 Å². The number of hydrogen-bond donors (Lipinski definition) is 1. The van der Waals surface area contributed by atoms with Gasteiger partial charge in [0.1, 0.15) is 5.82 Å². The van der Waals surface area contributed by atoms with E-state index < -0.39 is 0 Å². The zero-order valence-electron chi connectivity index (χ0n) is 17.2. The van der Waals surface area contributed by atoms with Crippen LogP contribution in [0.15, 0.2) is 35.5 Å². The molecule has 0 saturated carbocycles. The van der Waals surface area contributed by atoms with Crippen LogP contribution in [0.3, 0.4) is 0 Å². The highest BCUT2D eigenvalue weighted by Crippen LogP contribution is 2.29. The number of ether oxygens (including phenoxy) is 1. The van der Waals surface area contributed by atoms with Crippen LogP contribution in [-0.2, 0) is 23.3 Å². The Hall–Kier alpha value is -2.16. The Kier molecular flexibility index (Phi) is 6.15. The van der Waals surface area contributed by atoms with Crippen molar-refractivity contribution in [2.45, 2.75) is 36.6 Å². The molecular formula is C22H28N6OS. The van der Waals surface area contributed by atoms with Crippen molar-refractivity contribution in [2.75, 3.05) is 44.7 Å². The second kappa shape index (κ2) is 9.32. The van der Waals surface area contributed by atoms with Crippen molar-refractivity contribution in [3.63, 3.8) is 0 Å². The van der Waals surface area contributed by atoms with E-state index in [4.69, 9.17) is 19.8 Å². The zero-order chi connectivity index (χ0) is 20.2. The number of morpholine rings is 1. The van der Waals surface area contributed by atoms with E-state index in [9.17, 15) is 0 Å². The van der Waals surface area contributed by atoms with E-state index in [0.29, 0.717) is 5.78 Å². The van der Waals surface area contributed by atoms with Crippen LogP contribution in [0.1, 0.15) is 29.7 Å². The Morgan fingerprint density at radius 3 is 2.73 bits per heavy atom. The summed E-state index contributed by atoms with van der Waals surface area (Å²) in [6, 6.07) is 10.5. The van der Waals surface area contributed by atoms with Crippen molar-refractivity contribution in [2.24, 2.45) is 0 Å². The van der Waals surface area contributed by atoms with Crippen LogP contribution in [-0.4, -0.2) is 63.9 Å². The first-order valence-electron chi connectivity index (χ1n) is 10.9. The molecule has 1 aliphatic carbocycles. The van der Waals surface area contributed by atoms with Crippen LogP contribution in [0, 0.1) is 0 Å². The molecule has 1 fully saturated rings. The lowest BCUT2D eigenvalue weighted by molar-refractivity contribution is 0.0398. The quantitative estimate of drug-likeness (QED) is 0.585. The molecule has 1 N–H and O–H groups in total. The molecule has 158 valence electrons. The number of aryl methyl sites for hydroxylation is 1. The molecule has 0 atom stereocenters. The molecular weight excluding hydrogens is 396 g/mol. The number of nitrogens with one attached hydrogen (secondary N) is 1. The van der Waals surface area contributed by atoms with E-state index >= 15 is 0 Å². The Bertz CT molecular complexity index is 986. The summed E-state index contributed by atoms with van der Waals surface area (Å²) in [5, 5.41) is 9.27. The number of anilines is 1. The fraction of sp³-hybridized carbons (Fsp3) is 0.500. The SMILES string of the molecule is c1ccc(CSc2nc3nc4c(c(NCCN5CCOCC5)n3n2)CCCC4)cc1. The topological polar surface area (TPSA) is 67.6 Å². The molecule has 3 heterocycles. The Morgan fingerprint density at radius 2 is 1.87 bits per heavy atom. The lowest BCUT2D eigenvalue weighted by atomic mass is 9.96. The second-order valence-electron chi connectivity index (χ2n) is 7.85. The first kappa shape index (κ1) is 19.8. The van der Waals surface area contributed by atoms with Crippen molar-refractivity contribution in [3.05, 3.63) is 47.2 Å². The van der Waals surface area contributed by atoms with Crippen LogP contribution in [0.25, 0.3) is 5.78 Å². The van der Waals surface area contributed by atoms with E-state index in [1.165, 1.54) is 29.7 Å². The van der Waals surface area contributed by atoms with Gasteiger partial charge in [0, 0.05) is 37.5 Å². The van der Waals surface area contributed by atoms with Gasteiger partial charge in [0.25, 0.3) is 5.78 Å². The number of aromatic nitrogens is 4. The molecule has 3 aromatic rings. The predicted octanol–water partition coefficient (Wildman–Crippen LogP) is 3.04. The fourth-order valence-corrected chi connectivity index (χ4v) is 4.92. The van der Waals surface area contributed by atoms with Crippen molar-refractivity contribution in [1.82, 2.24) is 24.5 Å². The van der Waals surface area contributed by atoms with Crippen LogP contribution < -0.4 is 5.32 Å². The van der Waals surface area contributed by atoms with Crippen molar-refractivity contribution in [3.8, 4) is 0 Å². The number of rotatable bonds is 7. The molecule has 0 unspecified atom stereocenters.